The largest absolute Gasteiger partial charge is 0.480 e. The van der Waals surface area contributed by atoms with E-state index in [1.807, 2.05) is 30.3 Å². The van der Waals surface area contributed by atoms with Crippen molar-refractivity contribution in [2.24, 2.45) is 0 Å². The molecule has 8 heteroatoms. The highest BCUT2D eigenvalue weighted by atomic mass is 16.6. The van der Waals surface area contributed by atoms with Crippen molar-refractivity contribution in [2.45, 2.75) is 38.8 Å². The Hall–Kier alpha value is -3.42. The smallest absolute Gasteiger partial charge is 0.407 e. The van der Waals surface area contributed by atoms with Crippen LogP contribution in [0.15, 0.2) is 48.7 Å². The molecule has 2 aromatic rings. The Balaban J connectivity index is 1.97. The minimum atomic E-state index is -1.19. The Bertz CT molecular complexity index is 862. The van der Waals surface area contributed by atoms with Crippen LogP contribution in [0.5, 0.6) is 0 Å². The Morgan fingerprint density at radius 3 is 2.45 bits per heavy atom. The molecule has 0 aliphatic heterocycles. The normalized spacial score (nSPS) is 12.0. The zero-order chi connectivity index (χ0) is 21.4. The summed E-state index contributed by atoms with van der Waals surface area (Å²) in [5.41, 5.74) is 1.10. The van der Waals surface area contributed by atoms with Crippen LogP contribution in [0.2, 0.25) is 0 Å². The van der Waals surface area contributed by atoms with Gasteiger partial charge in [-0.25, -0.2) is 9.59 Å². The highest BCUT2D eigenvalue weighted by Gasteiger charge is 2.22. The number of aliphatic carboxylic acids is 1. The van der Waals surface area contributed by atoms with E-state index in [0.29, 0.717) is 11.3 Å². The van der Waals surface area contributed by atoms with Crippen molar-refractivity contribution >= 4 is 18.0 Å². The Morgan fingerprint density at radius 1 is 1.14 bits per heavy atom. The number of carboxylic acids is 1. The van der Waals surface area contributed by atoms with Crippen LogP contribution in [-0.4, -0.2) is 46.2 Å². The molecule has 0 radical (unpaired) electrons. The topological polar surface area (TPSA) is 118 Å². The van der Waals surface area contributed by atoms with E-state index < -0.39 is 29.6 Å². The third-order valence-electron chi connectivity index (χ3n) is 3.80. The maximum atomic E-state index is 12.5. The minimum absolute atomic E-state index is 0.0109. The van der Waals surface area contributed by atoms with E-state index in [0.717, 1.165) is 5.56 Å². The molecule has 0 aliphatic carbocycles. The van der Waals surface area contributed by atoms with Gasteiger partial charge in [0.25, 0.3) is 5.91 Å². The summed E-state index contributed by atoms with van der Waals surface area (Å²) in [6.07, 6.45) is 0.864. The molecule has 3 N–H and O–H groups in total. The molecule has 29 heavy (non-hydrogen) atoms. The molecule has 2 amide bonds. The first kappa shape index (κ1) is 21.9. The molecule has 8 nitrogen and oxygen atoms in total. The maximum absolute atomic E-state index is 12.5. The number of benzene rings is 1. The lowest BCUT2D eigenvalue weighted by molar-refractivity contribution is -0.139. The minimum Gasteiger partial charge on any atom is -0.480 e. The summed E-state index contributed by atoms with van der Waals surface area (Å²) in [7, 11) is 0. The van der Waals surface area contributed by atoms with Gasteiger partial charge >= 0.3 is 12.1 Å². The fourth-order valence-corrected chi connectivity index (χ4v) is 2.47. The molecule has 0 spiro atoms. The van der Waals surface area contributed by atoms with Crippen LogP contribution in [0.25, 0.3) is 11.3 Å². The molecule has 1 heterocycles. The van der Waals surface area contributed by atoms with Gasteiger partial charge in [-0.2, -0.15) is 0 Å². The number of pyridine rings is 1. The second kappa shape index (κ2) is 9.68. The lowest BCUT2D eigenvalue weighted by atomic mass is 10.1. The van der Waals surface area contributed by atoms with Crippen molar-refractivity contribution in [2.75, 3.05) is 6.54 Å². The van der Waals surface area contributed by atoms with E-state index in [1.165, 1.54) is 12.3 Å². The van der Waals surface area contributed by atoms with Crippen LogP contribution < -0.4 is 10.6 Å². The molecule has 0 bridgehead atoms. The molecule has 1 aromatic carbocycles. The number of aromatic nitrogens is 1. The van der Waals surface area contributed by atoms with Crippen molar-refractivity contribution in [3.63, 3.8) is 0 Å². The molecule has 154 valence electrons. The Morgan fingerprint density at radius 2 is 1.83 bits per heavy atom. The van der Waals surface area contributed by atoms with Crippen LogP contribution in [0.1, 0.15) is 37.6 Å². The molecule has 0 aliphatic rings. The van der Waals surface area contributed by atoms with E-state index in [-0.39, 0.29) is 13.0 Å². The van der Waals surface area contributed by atoms with Gasteiger partial charge in [0, 0.05) is 23.9 Å². The van der Waals surface area contributed by atoms with Gasteiger partial charge in [-0.1, -0.05) is 30.3 Å². The Kier molecular flexibility index (Phi) is 7.30. The second-order valence-corrected chi connectivity index (χ2v) is 7.38. The molecule has 1 atom stereocenters. The van der Waals surface area contributed by atoms with E-state index in [9.17, 15) is 19.5 Å². The maximum Gasteiger partial charge on any atom is 0.407 e. The van der Waals surface area contributed by atoms with Crippen molar-refractivity contribution in [3.8, 4) is 11.3 Å². The molecule has 0 saturated carbocycles. The van der Waals surface area contributed by atoms with Crippen molar-refractivity contribution < 1.29 is 24.2 Å². The predicted molar refractivity (Wildman–Crippen MR) is 107 cm³/mol. The number of carbonyl (C=O) groups excluding carboxylic acids is 2. The third kappa shape index (κ3) is 7.25. The highest BCUT2D eigenvalue weighted by Crippen LogP contribution is 2.17. The first-order valence-corrected chi connectivity index (χ1v) is 9.18. The van der Waals surface area contributed by atoms with E-state index in [4.69, 9.17) is 4.74 Å². The number of nitrogens with zero attached hydrogens (tertiary/aromatic N) is 1. The van der Waals surface area contributed by atoms with Gasteiger partial charge in [0.05, 0.1) is 5.69 Å². The first-order chi connectivity index (χ1) is 13.7. The summed E-state index contributed by atoms with van der Waals surface area (Å²) in [5.74, 6) is -1.73. The summed E-state index contributed by atoms with van der Waals surface area (Å²) in [5, 5.41) is 14.3. The van der Waals surface area contributed by atoms with Crippen molar-refractivity contribution in [1.29, 1.82) is 0 Å². The summed E-state index contributed by atoms with van der Waals surface area (Å²) in [6, 6.07) is 11.3. The number of carboxylic acid groups (broad SMARTS) is 1. The number of hydrogen-bond donors (Lipinski definition) is 3. The van der Waals surface area contributed by atoms with Crippen LogP contribution >= 0.6 is 0 Å². The zero-order valence-corrected chi connectivity index (χ0v) is 16.6. The monoisotopic (exact) mass is 399 g/mol. The molecule has 0 unspecified atom stereocenters. The standard InChI is InChI=1S/C21H25N3O5/c1-21(2,3)29-20(28)23-12-10-16(19(26)27)24-18(25)15-9-11-22-17(13-15)14-7-5-4-6-8-14/h4-9,11,13,16H,10,12H2,1-3H3,(H,23,28)(H,24,25)(H,26,27)/t16-/m0/s1. The second-order valence-electron chi connectivity index (χ2n) is 7.38. The molecule has 1 aromatic heterocycles. The van der Waals surface area contributed by atoms with Crippen LogP contribution in [0, 0.1) is 0 Å². The van der Waals surface area contributed by atoms with Gasteiger partial charge in [-0.05, 0) is 39.3 Å². The number of amides is 2. The zero-order valence-electron chi connectivity index (χ0n) is 16.6. The Labute approximate surface area is 169 Å². The van der Waals surface area contributed by atoms with E-state index in [2.05, 4.69) is 15.6 Å². The fourth-order valence-electron chi connectivity index (χ4n) is 2.47. The van der Waals surface area contributed by atoms with Crippen molar-refractivity contribution in [3.05, 3.63) is 54.2 Å². The quantitative estimate of drug-likeness (QED) is 0.659. The molecule has 0 fully saturated rings. The summed E-state index contributed by atoms with van der Waals surface area (Å²) in [4.78, 5) is 39.9. The van der Waals surface area contributed by atoms with Gasteiger partial charge in [-0.3, -0.25) is 9.78 Å². The van der Waals surface area contributed by atoms with Gasteiger partial charge in [0.2, 0.25) is 0 Å². The lowest BCUT2D eigenvalue weighted by Crippen LogP contribution is -2.43. The molecule has 2 rings (SSSR count). The third-order valence-corrected chi connectivity index (χ3v) is 3.80. The summed E-state index contributed by atoms with van der Waals surface area (Å²) < 4.78 is 5.09. The summed E-state index contributed by atoms with van der Waals surface area (Å²) in [6.45, 7) is 5.22. The molecular formula is C21H25N3O5. The SMILES string of the molecule is CC(C)(C)OC(=O)NCC[C@H](NC(=O)c1ccnc(-c2ccccc2)c1)C(=O)O. The first-order valence-electron chi connectivity index (χ1n) is 9.18. The number of alkyl carbamates (subject to hydrolysis) is 1. The highest BCUT2D eigenvalue weighted by molar-refractivity contribution is 5.97. The number of rotatable bonds is 7. The van der Waals surface area contributed by atoms with E-state index >= 15 is 0 Å². The molecular weight excluding hydrogens is 374 g/mol. The van der Waals surface area contributed by atoms with Crippen LogP contribution in [0.3, 0.4) is 0 Å². The average molecular weight is 399 g/mol. The predicted octanol–water partition coefficient (Wildman–Crippen LogP) is 2.85. The molecule has 0 saturated heterocycles. The number of carbonyl (C=O) groups is 3. The van der Waals surface area contributed by atoms with Crippen LogP contribution in [-0.2, 0) is 9.53 Å². The fraction of sp³-hybridized carbons (Fsp3) is 0.333. The van der Waals surface area contributed by atoms with Crippen molar-refractivity contribution in [1.82, 2.24) is 15.6 Å². The van der Waals surface area contributed by atoms with E-state index in [1.54, 1.807) is 26.8 Å². The number of hydrogen-bond acceptors (Lipinski definition) is 5. The van der Waals surface area contributed by atoms with Gasteiger partial charge in [0.1, 0.15) is 11.6 Å². The average Bonchev–Trinajstić information content (AvgIpc) is 2.66. The van der Waals surface area contributed by atoms with Gasteiger partial charge in [-0.15, -0.1) is 0 Å². The number of ether oxygens (including phenoxy) is 1. The van der Waals surface area contributed by atoms with Gasteiger partial charge in [0.15, 0.2) is 0 Å². The number of nitrogens with one attached hydrogen (secondary N) is 2. The van der Waals surface area contributed by atoms with Gasteiger partial charge < -0.3 is 20.5 Å². The lowest BCUT2D eigenvalue weighted by Gasteiger charge is -2.20. The summed E-state index contributed by atoms with van der Waals surface area (Å²) >= 11 is 0. The van der Waals surface area contributed by atoms with Crippen LogP contribution in [0.4, 0.5) is 4.79 Å².